The van der Waals surface area contributed by atoms with Gasteiger partial charge in [0, 0.05) is 23.0 Å². The van der Waals surface area contributed by atoms with E-state index in [4.69, 9.17) is 5.11 Å². The Balaban J connectivity index is 1.85. The average molecular weight is 280 g/mol. The summed E-state index contributed by atoms with van der Waals surface area (Å²) in [6.07, 6.45) is 1.47. The third-order valence-corrected chi connectivity index (χ3v) is 3.42. The van der Waals surface area contributed by atoms with Crippen molar-refractivity contribution >= 4 is 17.6 Å². The van der Waals surface area contributed by atoms with Crippen molar-refractivity contribution in [1.29, 1.82) is 0 Å². The minimum absolute atomic E-state index is 0.0198. The van der Waals surface area contributed by atoms with Crippen LogP contribution in [0.1, 0.15) is 32.0 Å². The van der Waals surface area contributed by atoms with Crippen LogP contribution in [-0.2, 0) is 6.54 Å². The Morgan fingerprint density at radius 2 is 1.90 bits per heavy atom. The molecule has 1 aromatic carbocycles. The number of hydrogen-bond acceptors (Lipinski definition) is 3. The second-order valence-corrected chi connectivity index (χ2v) is 4.74. The van der Waals surface area contributed by atoms with Gasteiger partial charge in [-0.25, -0.2) is 9.78 Å². The number of nitrogens with zero attached hydrogens (tertiary/aromatic N) is 2. The van der Waals surface area contributed by atoms with Crippen LogP contribution in [0.25, 0.3) is 5.70 Å². The molecule has 0 saturated heterocycles. The molecule has 104 valence electrons. The van der Waals surface area contributed by atoms with Crippen LogP contribution in [0.4, 0.5) is 0 Å². The molecule has 1 amide bonds. The summed E-state index contributed by atoms with van der Waals surface area (Å²) in [5.74, 6) is -1.17. The molecule has 0 fully saturated rings. The molecule has 0 unspecified atom stereocenters. The lowest BCUT2D eigenvalue weighted by atomic mass is 10.1. The van der Waals surface area contributed by atoms with Crippen molar-refractivity contribution in [1.82, 2.24) is 9.88 Å². The smallest absolute Gasteiger partial charge is 0.354 e. The van der Waals surface area contributed by atoms with Crippen LogP contribution >= 0.6 is 0 Å². The van der Waals surface area contributed by atoms with Crippen LogP contribution in [0.5, 0.6) is 0 Å². The van der Waals surface area contributed by atoms with E-state index in [-0.39, 0.29) is 11.6 Å². The zero-order valence-electron chi connectivity index (χ0n) is 11.1. The maximum Gasteiger partial charge on any atom is 0.354 e. The van der Waals surface area contributed by atoms with Crippen molar-refractivity contribution in [2.24, 2.45) is 0 Å². The lowest BCUT2D eigenvalue weighted by Crippen LogP contribution is -2.22. The first kappa shape index (κ1) is 13.1. The number of benzene rings is 1. The van der Waals surface area contributed by atoms with Gasteiger partial charge in [-0.1, -0.05) is 30.8 Å². The van der Waals surface area contributed by atoms with Crippen LogP contribution in [-0.4, -0.2) is 26.9 Å². The molecule has 0 atom stereocenters. The topological polar surface area (TPSA) is 70.5 Å². The highest BCUT2D eigenvalue weighted by Crippen LogP contribution is 2.32. The fraction of sp³-hybridized carbons (Fsp3) is 0.0625. The maximum atomic E-state index is 12.3. The Kier molecular flexibility index (Phi) is 3.02. The van der Waals surface area contributed by atoms with Gasteiger partial charge >= 0.3 is 5.97 Å². The average Bonchev–Trinajstić information content (AvgIpc) is 2.73. The molecule has 1 aliphatic heterocycles. The van der Waals surface area contributed by atoms with Crippen LogP contribution in [0, 0.1) is 0 Å². The molecule has 1 aromatic heterocycles. The Morgan fingerprint density at radius 1 is 1.19 bits per heavy atom. The SMILES string of the molecule is C=C1c2ccccc2C(=O)N1Cc1ccc(C(=O)O)nc1. The van der Waals surface area contributed by atoms with Gasteiger partial charge in [0.2, 0.25) is 0 Å². The van der Waals surface area contributed by atoms with E-state index >= 15 is 0 Å². The summed E-state index contributed by atoms with van der Waals surface area (Å²) < 4.78 is 0. The number of aromatic carboxylic acids is 1. The zero-order chi connectivity index (χ0) is 15.0. The fourth-order valence-electron chi connectivity index (χ4n) is 2.33. The highest BCUT2D eigenvalue weighted by Gasteiger charge is 2.30. The molecule has 0 bridgehead atoms. The summed E-state index contributed by atoms with van der Waals surface area (Å²) in [5.41, 5.74) is 2.85. The molecule has 0 radical (unpaired) electrons. The van der Waals surface area contributed by atoms with E-state index in [1.165, 1.54) is 12.3 Å². The lowest BCUT2D eigenvalue weighted by Gasteiger charge is -2.17. The van der Waals surface area contributed by atoms with E-state index in [1.807, 2.05) is 18.2 Å². The quantitative estimate of drug-likeness (QED) is 0.937. The summed E-state index contributed by atoms with van der Waals surface area (Å²) in [6.45, 7) is 4.28. The van der Waals surface area contributed by atoms with Gasteiger partial charge in [-0.15, -0.1) is 0 Å². The van der Waals surface area contributed by atoms with Crippen molar-refractivity contribution in [2.45, 2.75) is 6.54 Å². The summed E-state index contributed by atoms with van der Waals surface area (Å²) in [4.78, 5) is 28.5. The van der Waals surface area contributed by atoms with E-state index in [0.29, 0.717) is 17.8 Å². The molecule has 0 aliphatic carbocycles. The predicted octanol–water partition coefficient (Wildman–Crippen LogP) is 2.41. The molecule has 21 heavy (non-hydrogen) atoms. The molecule has 1 N–H and O–H groups in total. The van der Waals surface area contributed by atoms with Gasteiger partial charge in [0.25, 0.3) is 5.91 Å². The van der Waals surface area contributed by atoms with Gasteiger partial charge in [-0.3, -0.25) is 4.79 Å². The number of carbonyl (C=O) groups excluding carboxylic acids is 1. The highest BCUT2D eigenvalue weighted by molar-refractivity contribution is 6.08. The molecule has 5 heteroatoms. The second-order valence-electron chi connectivity index (χ2n) is 4.74. The molecule has 0 saturated carbocycles. The number of aromatic nitrogens is 1. The van der Waals surface area contributed by atoms with Crippen LogP contribution in [0.2, 0.25) is 0 Å². The Labute approximate surface area is 121 Å². The normalized spacial score (nSPS) is 13.4. The molecular weight excluding hydrogens is 268 g/mol. The van der Waals surface area contributed by atoms with E-state index < -0.39 is 5.97 Å². The number of fused-ring (bicyclic) bond motifs is 1. The maximum absolute atomic E-state index is 12.3. The molecule has 5 nitrogen and oxygen atoms in total. The first-order valence-electron chi connectivity index (χ1n) is 6.36. The standard InChI is InChI=1S/C16H12N2O3/c1-10-12-4-2-3-5-13(12)15(19)18(10)9-11-6-7-14(16(20)21)17-8-11/h2-8H,1,9H2,(H,20,21). The van der Waals surface area contributed by atoms with E-state index in [2.05, 4.69) is 11.6 Å². The number of carboxylic acid groups (broad SMARTS) is 1. The minimum Gasteiger partial charge on any atom is -0.477 e. The summed E-state index contributed by atoms with van der Waals surface area (Å²) in [6, 6.07) is 10.4. The van der Waals surface area contributed by atoms with Gasteiger partial charge in [-0.2, -0.15) is 0 Å². The third kappa shape index (κ3) is 2.18. The van der Waals surface area contributed by atoms with E-state index in [0.717, 1.165) is 11.1 Å². The van der Waals surface area contributed by atoms with Gasteiger partial charge < -0.3 is 10.0 Å². The number of rotatable bonds is 3. The second kappa shape index (κ2) is 4.86. The van der Waals surface area contributed by atoms with E-state index in [1.54, 1.807) is 17.0 Å². The highest BCUT2D eigenvalue weighted by atomic mass is 16.4. The molecular formula is C16H12N2O3. The number of amides is 1. The molecule has 2 heterocycles. The van der Waals surface area contributed by atoms with Crippen molar-refractivity contribution < 1.29 is 14.7 Å². The minimum atomic E-state index is -1.07. The van der Waals surface area contributed by atoms with Crippen molar-refractivity contribution in [3.8, 4) is 0 Å². The summed E-state index contributed by atoms with van der Waals surface area (Å²) in [5, 5.41) is 8.82. The van der Waals surface area contributed by atoms with Gasteiger partial charge in [-0.05, 0) is 17.7 Å². The molecule has 1 aliphatic rings. The van der Waals surface area contributed by atoms with Crippen molar-refractivity contribution in [3.63, 3.8) is 0 Å². The largest absolute Gasteiger partial charge is 0.477 e. The van der Waals surface area contributed by atoms with Crippen LogP contribution < -0.4 is 0 Å². The zero-order valence-corrected chi connectivity index (χ0v) is 11.1. The number of carbonyl (C=O) groups is 2. The van der Waals surface area contributed by atoms with Gasteiger partial charge in [0.15, 0.2) is 0 Å². The third-order valence-electron chi connectivity index (χ3n) is 3.42. The first-order valence-corrected chi connectivity index (χ1v) is 6.36. The molecule has 0 spiro atoms. The lowest BCUT2D eigenvalue weighted by molar-refractivity contribution is 0.0689. The first-order chi connectivity index (χ1) is 10.1. The number of pyridine rings is 1. The van der Waals surface area contributed by atoms with Gasteiger partial charge in [0.1, 0.15) is 5.69 Å². The molecule has 3 rings (SSSR count). The Bertz CT molecular complexity index is 715. The fourth-order valence-corrected chi connectivity index (χ4v) is 2.33. The summed E-state index contributed by atoms with van der Waals surface area (Å²) >= 11 is 0. The van der Waals surface area contributed by atoms with Gasteiger partial charge in [0.05, 0.1) is 6.54 Å². The van der Waals surface area contributed by atoms with Crippen LogP contribution in [0.3, 0.4) is 0 Å². The van der Waals surface area contributed by atoms with Crippen molar-refractivity contribution in [3.05, 3.63) is 71.6 Å². The molecule has 2 aromatic rings. The predicted molar refractivity (Wildman–Crippen MR) is 76.5 cm³/mol. The van der Waals surface area contributed by atoms with Crippen LogP contribution in [0.15, 0.2) is 49.2 Å². The number of carboxylic acids is 1. The monoisotopic (exact) mass is 280 g/mol. The Hall–Kier alpha value is -2.95. The summed E-state index contributed by atoms with van der Waals surface area (Å²) in [7, 11) is 0. The number of hydrogen-bond donors (Lipinski definition) is 1. The Morgan fingerprint density at radius 3 is 2.48 bits per heavy atom. The van der Waals surface area contributed by atoms with E-state index in [9.17, 15) is 9.59 Å². The van der Waals surface area contributed by atoms with Crippen molar-refractivity contribution in [2.75, 3.05) is 0 Å².